The lowest BCUT2D eigenvalue weighted by molar-refractivity contribution is -0.157. The molecule has 0 bridgehead atoms. The third-order valence-corrected chi connectivity index (χ3v) is 17.7. The molecule has 0 spiro atoms. The quantitative estimate of drug-likeness (QED) is 0.0279. The van der Waals surface area contributed by atoms with Crippen molar-refractivity contribution in [3.05, 3.63) is 335 Å². The lowest BCUT2D eigenvalue weighted by Gasteiger charge is -2.40. The molecule has 0 aromatic heterocycles. The van der Waals surface area contributed by atoms with Crippen molar-refractivity contribution in [3.63, 3.8) is 0 Å². The van der Waals surface area contributed by atoms with Crippen LogP contribution in [0, 0.1) is 0 Å². The Balaban J connectivity index is 0.000000208. The van der Waals surface area contributed by atoms with Crippen molar-refractivity contribution < 1.29 is 76.3 Å². The predicted molar refractivity (Wildman–Crippen MR) is 382 cm³/mol. The molecule has 0 aliphatic heterocycles. The summed E-state index contributed by atoms with van der Waals surface area (Å²) in [7, 11) is 4.55. The van der Waals surface area contributed by atoms with Crippen molar-refractivity contribution in [1.29, 1.82) is 0 Å². The summed E-state index contributed by atoms with van der Waals surface area (Å²) in [6, 6.07) is 78.1. The minimum atomic E-state index is -1.87. The largest absolute Gasteiger partial charge is 0.468 e. The maximum atomic E-state index is 14.0. The molecule has 10 aromatic carbocycles. The van der Waals surface area contributed by atoms with Gasteiger partial charge in [0.2, 0.25) is 0 Å². The number of hydrogen-bond donors (Lipinski definition) is 4. The predicted octanol–water partition coefficient (Wildman–Crippen LogP) is 12.2. The van der Waals surface area contributed by atoms with Crippen LogP contribution in [0.5, 0.6) is 0 Å². The molecule has 22 heteroatoms. The van der Waals surface area contributed by atoms with E-state index < -0.39 is 83.5 Å². The molecular formula is C82H74N6O16. The van der Waals surface area contributed by atoms with Crippen molar-refractivity contribution in [1.82, 2.24) is 31.5 Å². The summed E-state index contributed by atoms with van der Waals surface area (Å²) in [4.78, 5) is 111. The molecular weight excluding hydrogens is 1320 g/mol. The minimum absolute atomic E-state index is 0.147. The van der Waals surface area contributed by atoms with Crippen LogP contribution in [0.1, 0.15) is 55.6 Å². The lowest BCUT2D eigenvalue weighted by atomic mass is 9.79. The fourth-order valence-corrected chi connectivity index (χ4v) is 13.0. The Hall–Kier alpha value is -12.9. The number of hydrazine groups is 2. The highest BCUT2D eigenvalue weighted by Gasteiger charge is 2.55. The van der Waals surface area contributed by atoms with E-state index in [1.165, 1.54) is 0 Å². The molecule has 0 fully saturated rings. The average molecular weight is 1400 g/mol. The number of carbonyl (C=O) groups excluding carboxylic acids is 8. The highest BCUT2D eigenvalue weighted by molar-refractivity contribution is 5.94. The van der Waals surface area contributed by atoms with Gasteiger partial charge >= 0.3 is 48.3 Å². The molecule has 4 atom stereocenters. The monoisotopic (exact) mass is 1400 g/mol. The summed E-state index contributed by atoms with van der Waals surface area (Å²) < 4.78 is 43.1. The van der Waals surface area contributed by atoms with E-state index in [-0.39, 0.29) is 26.4 Å². The molecule has 0 heterocycles. The van der Waals surface area contributed by atoms with Gasteiger partial charge in [0.05, 0.1) is 39.5 Å². The van der Waals surface area contributed by atoms with E-state index in [1.54, 1.807) is 97.1 Å². The van der Waals surface area contributed by atoms with Gasteiger partial charge in [-0.25, -0.2) is 39.6 Å². The fraction of sp³-hybridized carbons (Fsp3) is 0.171. The van der Waals surface area contributed by atoms with E-state index >= 15 is 0 Å². The van der Waals surface area contributed by atoms with Crippen LogP contribution in [-0.2, 0) is 94.6 Å². The first-order valence-corrected chi connectivity index (χ1v) is 33.1. The Morgan fingerprint density at radius 2 is 0.529 bits per heavy atom. The first-order chi connectivity index (χ1) is 50.7. The molecule has 4 N–H and O–H groups in total. The van der Waals surface area contributed by atoms with E-state index in [2.05, 4.69) is 21.5 Å². The molecule has 10 aromatic rings. The average Bonchev–Trinajstić information content (AvgIpc) is 1.55. The first-order valence-electron chi connectivity index (χ1n) is 33.1. The molecule has 2 aliphatic carbocycles. The number of carbonyl (C=O) groups is 8. The van der Waals surface area contributed by atoms with Gasteiger partial charge in [-0.3, -0.25) is 20.2 Å². The molecule has 0 unspecified atom stereocenters. The smallest absolute Gasteiger partial charge is 0.430 e. The van der Waals surface area contributed by atoms with Crippen LogP contribution in [0.3, 0.4) is 0 Å². The Labute approximate surface area is 600 Å². The number of nitrogens with one attached hydrogen (secondary N) is 4. The van der Waals surface area contributed by atoms with Crippen LogP contribution < -0.4 is 21.5 Å². The summed E-state index contributed by atoms with van der Waals surface area (Å²) in [5.74, 6) is -3.95. The van der Waals surface area contributed by atoms with Gasteiger partial charge in [0.1, 0.15) is 38.5 Å². The second kappa shape index (κ2) is 34.0. The zero-order valence-electron chi connectivity index (χ0n) is 57.1. The van der Waals surface area contributed by atoms with Gasteiger partial charge in [0, 0.05) is 0 Å². The summed E-state index contributed by atoms with van der Waals surface area (Å²) in [5.41, 5.74) is 13.1. The van der Waals surface area contributed by atoms with E-state index in [9.17, 15) is 38.4 Å². The van der Waals surface area contributed by atoms with E-state index in [1.807, 2.05) is 182 Å². The van der Waals surface area contributed by atoms with E-state index in [0.29, 0.717) is 32.3 Å². The zero-order valence-corrected chi connectivity index (χ0v) is 57.1. The number of ether oxygens (including phenoxy) is 8. The van der Waals surface area contributed by atoms with Gasteiger partial charge in [-0.2, -0.15) is 10.0 Å². The highest BCUT2D eigenvalue weighted by atomic mass is 16.6. The fourth-order valence-electron chi connectivity index (χ4n) is 13.0. The zero-order chi connectivity index (χ0) is 73.0. The number of hydrogen-bond acceptors (Lipinski definition) is 18. The number of amides is 4. The highest BCUT2D eigenvalue weighted by Crippen LogP contribution is 2.53. The lowest BCUT2D eigenvalue weighted by Crippen LogP contribution is -2.67. The maximum absolute atomic E-state index is 14.0. The van der Waals surface area contributed by atoms with Gasteiger partial charge in [-0.05, 0) is 77.9 Å². The van der Waals surface area contributed by atoms with Gasteiger partial charge in [0.25, 0.3) is 0 Å². The van der Waals surface area contributed by atoms with Crippen LogP contribution in [0.15, 0.2) is 279 Å². The second-order valence-corrected chi connectivity index (χ2v) is 23.8. The Bertz CT molecular complexity index is 4250. The molecule has 104 heavy (non-hydrogen) atoms. The molecule has 0 saturated heterocycles. The number of rotatable bonds is 22. The van der Waals surface area contributed by atoms with Crippen LogP contribution in [0.2, 0.25) is 0 Å². The molecule has 4 amide bonds. The summed E-state index contributed by atoms with van der Waals surface area (Å²) in [5, 5.41) is 8.12. The normalized spacial score (nSPS) is 13.3. The summed E-state index contributed by atoms with van der Waals surface area (Å²) >= 11 is 0. The first kappa shape index (κ1) is 72.3. The van der Waals surface area contributed by atoms with Crippen molar-refractivity contribution in [2.24, 2.45) is 0 Å². The minimum Gasteiger partial charge on any atom is -0.468 e. The summed E-state index contributed by atoms with van der Waals surface area (Å²) in [6.45, 7) is -0.719. The van der Waals surface area contributed by atoms with Crippen LogP contribution in [-0.4, -0.2) is 111 Å². The number of methoxy groups -OCH3 is 4. The number of nitrogens with zero attached hydrogens (tertiary/aromatic N) is 2. The SMILES string of the molecule is COC(=O)[C@@H](NC1(c2ccccc2)c2ccccc2-c2ccccc21)[C@@H](C(=O)OC)N(NC(=O)OCc1ccccc1)C(=O)OCc1ccccc1.COC(=O)[C@@H](NC1(c2ccccc2)c2ccccc2-c2ccccc21)[C@H](C(=O)OC)N(NC(=O)OCc1ccccc1)C(=O)OCc1ccccc1. The van der Waals surface area contributed by atoms with E-state index in [4.69, 9.17) is 37.9 Å². The van der Waals surface area contributed by atoms with Crippen LogP contribution in [0.4, 0.5) is 19.2 Å². The molecule has 22 nitrogen and oxygen atoms in total. The standard InChI is InChI=1S/2C41H37N3O8/c2*1-49-37(45)35(42-41(30-20-10-5-11-21-30)33-24-14-12-22-31(33)32-23-13-15-25-34(32)41)36(38(46)50-2)44(40(48)52-27-29-18-8-4-9-19-29)43-39(47)51-26-28-16-6-3-7-17-28/h2*3-25,35-36,42H,26-27H2,1-2H3,(H,43,47)/t35-,36+;35-,36-/m00/s1. The molecule has 2 aliphatic rings. The Morgan fingerprint density at radius 1 is 0.298 bits per heavy atom. The Morgan fingerprint density at radius 3 is 0.788 bits per heavy atom. The van der Waals surface area contributed by atoms with Gasteiger partial charge in [-0.15, -0.1) is 0 Å². The van der Waals surface area contributed by atoms with Crippen molar-refractivity contribution in [3.8, 4) is 22.3 Å². The summed E-state index contributed by atoms with van der Waals surface area (Å²) in [6.07, 6.45) is -4.50. The van der Waals surface area contributed by atoms with Crippen molar-refractivity contribution >= 4 is 48.3 Å². The van der Waals surface area contributed by atoms with Crippen molar-refractivity contribution in [2.75, 3.05) is 28.4 Å². The van der Waals surface area contributed by atoms with E-state index in [0.717, 1.165) is 84.1 Å². The maximum Gasteiger partial charge on any atom is 0.430 e. The third-order valence-electron chi connectivity index (χ3n) is 17.7. The van der Waals surface area contributed by atoms with Gasteiger partial charge in [0.15, 0.2) is 12.1 Å². The molecule has 0 radical (unpaired) electrons. The van der Waals surface area contributed by atoms with Crippen LogP contribution in [0.25, 0.3) is 22.3 Å². The van der Waals surface area contributed by atoms with Gasteiger partial charge in [-0.1, -0.05) is 279 Å². The number of fused-ring (bicyclic) bond motifs is 6. The van der Waals surface area contributed by atoms with Gasteiger partial charge < -0.3 is 37.9 Å². The topological polar surface area (TPSA) is 265 Å². The molecule has 12 rings (SSSR count). The number of benzene rings is 10. The molecule has 0 saturated carbocycles. The molecule has 528 valence electrons. The third kappa shape index (κ3) is 15.8. The van der Waals surface area contributed by atoms with Crippen molar-refractivity contribution in [2.45, 2.75) is 61.7 Å². The van der Waals surface area contributed by atoms with Crippen LogP contribution >= 0.6 is 0 Å². The number of esters is 4. The Kier molecular flexibility index (Phi) is 23.6. The second-order valence-electron chi connectivity index (χ2n) is 23.8.